The van der Waals surface area contributed by atoms with E-state index in [-0.39, 0.29) is 3.57 Å². The molecule has 1 rings (SSSR count). The number of nitrogens with zero attached hydrogens (tertiary/aromatic N) is 2. The van der Waals surface area contributed by atoms with E-state index in [1.54, 1.807) is 0 Å². The van der Waals surface area contributed by atoms with Crippen LogP contribution in [-0.4, -0.2) is 11.3 Å². The maximum absolute atomic E-state index is 12.4. The van der Waals surface area contributed by atoms with Crippen LogP contribution in [0.25, 0.3) is 0 Å². The van der Waals surface area contributed by atoms with Gasteiger partial charge in [-0.2, -0.15) is 5.26 Å². The Morgan fingerprint density at radius 2 is 2.00 bits per heavy atom. The van der Waals surface area contributed by atoms with Crippen molar-refractivity contribution < 1.29 is 26.7 Å². The van der Waals surface area contributed by atoms with Gasteiger partial charge in [0.15, 0.2) is 5.69 Å². The molecular formula is C8H2F5IN2O. The van der Waals surface area contributed by atoms with Crippen molar-refractivity contribution in [1.29, 1.82) is 5.26 Å². The minimum absolute atomic E-state index is 0.255. The lowest BCUT2D eigenvalue weighted by atomic mass is 10.2. The lowest BCUT2D eigenvalue weighted by Gasteiger charge is -2.11. The summed E-state index contributed by atoms with van der Waals surface area (Å²) in [6, 6.07) is 2.02. The molecule has 0 spiro atoms. The predicted molar refractivity (Wildman–Crippen MR) is 53.3 cm³/mol. The summed E-state index contributed by atoms with van der Waals surface area (Å²) in [5.41, 5.74) is -1.52. The van der Waals surface area contributed by atoms with E-state index in [0.29, 0.717) is 0 Å². The van der Waals surface area contributed by atoms with Crippen LogP contribution in [0.2, 0.25) is 0 Å². The summed E-state index contributed by atoms with van der Waals surface area (Å²) in [5.74, 6) is -0.918. The number of alkyl halides is 5. The third-order valence-corrected chi connectivity index (χ3v) is 2.30. The lowest BCUT2D eigenvalue weighted by molar-refractivity contribution is -0.276. The Labute approximate surface area is 105 Å². The molecule has 3 nitrogen and oxygen atoms in total. The van der Waals surface area contributed by atoms with Gasteiger partial charge in [-0.3, -0.25) is 0 Å². The molecule has 1 aromatic rings. The van der Waals surface area contributed by atoms with E-state index in [9.17, 15) is 22.0 Å². The SMILES string of the molecule is N#Cc1nc(OC(F)(F)F)c(I)cc1C(F)F. The van der Waals surface area contributed by atoms with Crippen molar-refractivity contribution in [3.63, 3.8) is 0 Å². The van der Waals surface area contributed by atoms with Crippen LogP contribution in [0.3, 0.4) is 0 Å². The molecule has 0 aliphatic heterocycles. The lowest BCUT2D eigenvalue weighted by Crippen LogP contribution is -2.19. The number of nitriles is 1. The highest BCUT2D eigenvalue weighted by Gasteiger charge is 2.33. The molecule has 0 saturated carbocycles. The molecule has 0 amide bonds. The molecule has 0 unspecified atom stereocenters. The zero-order chi connectivity index (χ0) is 13.2. The highest BCUT2D eigenvalue weighted by atomic mass is 127. The fourth-order valence-electron chi connectivity index (χ4n) is 0.923. The van der Waals surface area contributed by atoms with Crippen LogP contribution in [0.15, 0.2) is 6.07 Å². The highest BCUT2D eigenvalue weighted by molar-refractivity contribution is 14.1. The van der Waals surface area contributed by atoms with E-state index in [1.807, 2.05) is 0 Å². The summed E-state index contributed by atoms with van der Waals surface area (Å²) in [5, 5.41) is 8.50. The summed E-state index contributed by atoms with van der Waals surface area (Å²) in [4.78, 5) is 3.11. The molecule has 9 heteroatoms. The van der Waals surface area contributed by atoms with Crippen LogP contribution in [0.1, 0.15) is 17.7 Å². The van der Waals surface area contributed by atoms with Gasteiger partial charge >= 0.3 is 6.36 Å². The molecule has 0 fully saturated rings. The van der Waals surface area contributed by atoms with Gasteiger partial charge in [-0.15, -0.1) is 13.2 Å². The van der Waals surface area contributed by atoms with Gasteiger partial charge < -0.3 is 4.74 Å². The Morgan fingerprint density at radius 1 is 1.41 bits per heavy atom. The molecule has 0 bridgehead atoms. The van der Waals surface area contributed by atoms with Crippen LogP contribution in [0.5, 0.6) is 5.88 Å². The van der Waals surface area contributed by atoms with E-state index >= 15 is 0 Å². The molecule has 0 saturated heterocycles. The second-order valence-corrected chi connectivity index (χ2v) is 3.84. The first-order valence-electron chi connectivity index (χ1n) is 3.89. The molecule has 1 aromatic heterocycles. The van der Waals surface area contributed by atoms with Crippen molar-refractivity contribution in [3.05, 3.63) is 20.9 Å². The average Bonchev–Trinajstić information content (AvgIpc) is 2.18. The maximum Gasteiger partial charge on any atom is 0.574 e. The summed E-state index contributed by atoms with van der Waals surface area (Å²) in [7, 11) is 0. The van der Waals surface area contributed by atoms with Crippen LogP contribution < -0.4 is 4.74 Å². The van der Waals surface area contributed by atoms with Crippen molar-refractivity contribution in [1.82, 2.24) is 4.98 Å². The fourth-order valence-corrected chi connectivity index (χ4v) is 1.49. The molecule has 92 valence electrons. The fraction of sp³-hybridized carbons (Fsp3) is 0.250. The van der Waals surface area contributed by atoms with Crippen LogP contribution in [0.4, 0.5) is 22.0 Å². The minimum Gasteiger partial charge on any atom is -0.387 e. The van der Waals surface area contributed by atoms with Crippen molar-refractivity contribution in [3.8, 4) is 11.9 Å². The Morgan fingerprint density at radius 3 is 2.41 bits per heavy atom. The number of pyridine rings is 1. The molecule has 0 aliphatic carbocycles. The largest absolute Gasteiger partial charge is 0.574 e. The Bertz CT molecular complexity index is 468. The summed E-state index contributed by atoms with van der Waals surface area (Å²) in [6.45, 7) is 0. The average molecular weight is 364 g/mol. The van der Waals surface area contributed by atoms with Gasteiger partial charge in [-0.25, -0.2) is 13.8 Å². The number of halogens is 6. The van der Waals surface area contributed by atoms with Gasteiger partial charge in [0.1, 0.15) is 6.07 Å². The molecule has 0 aromatic carbocycles. The number of rotatable bonds is 2. The molecule has 17 heavy (non-hydrogen) atoms. The van der Waals surface area contributed by atoms with E-state index < -0.39 is 29.9 Å². The van der Waals surface area contributed by atoms with Crippen molar-refractivity contribution in [2.75, 3.05) is 0 Å². The zero-order valence-corrected chi connectivity index (χ0v) is 9.88. The van der Waals surface area contributed by atoms with Gasteiger partial charge in [0.25, 0.3) is 6.43 Å². The van der Waals surface area contributed by atoms with E-state index in [2.05, 4.69) is 9.72 Å². The zero-order valence-electron chi connectivity index (χ0n) is 7.73. The van der Waals surface area contributed by atoms with Crippen molar-refractivity contribution >= 4 is 22.6 Å². The normalized spacial score (nSPS) is 11.4. The quantitative estimate of drug-likeness (QED) is 0.597. The predicted octanol–water partition coefficient (Wildman–Crippen LogP) is 3.39. The van der Waals surface area contributed by atoms with Crippen molar-refractivity contribution in [2.24, 2.45) is 0 Å². The van der Waals surface area contributed by atoms with Gasteiger partial charge in [-0.1, -0.05) is 0 Å². The Kier molecular flexibility index (Phi) is 4.07. The van der Waals surface area contributed by atoms with Gasteiger partial charge in [0.2, 0.25) is 5.88 Å². The number of aromatic nitrogens is 1. The summed E-state index contributed by atoms with van der Waals surface area (Å²) in [6.07, 6.45) is -7.99. The first kappa shape index (κ1) is 13.9. The number of ether oxygens (including phenoxy) is 1. The topological polar surface area (TPSA) is 45.9 Å². The van der Waals surface area contributed by atoms with Crippen molar-refractivity contribution in [2.45, 2.75) is 12.8 Å². The minimum atomic E-state index is -4.99. The second kappa shape index (κ2) is 4.99. The number of hydrogen-bond acceptors (Lipinski definition) is 3. The summed E-state index contributed by atoms with van der Waals surface area (Å²) < 4.78 is 63.8. The smallest absolute Gasteiger partial charge is 0.387 e. The standard InChI is InChI=1S/C8H2F5IN2O/c9-6(10)3-1-4(14)7(16-5(3)2-15)17-8(11,12)13/h1,6H. The third-order valence-electron chi connectivity index (χ3n) is 1.53. The van der Waals surface area contributed by atoms with Crippen LogP contribution in [-0.2, 0) is 0 Å². The monoisotopic (exact) mass is 364 g/mol. The van der Waals surface area contributed by atoms with Gasteiger partial charge in [-0.05, 0) is 28.7 Å². The van der Waals surface area contributed by atoms with E-state index in [1.165, 1.54) is 28.7 Å². The van der Waals surface area contributed by atoms with Gasteiger partial charge in [0.05, 0.1) is 9.13 Å². The Balaban J connectivity index is 3.24. The summed E-state index contributed by atoms with van der Waals surface area (Å²) >= 11 is 1.36. The van der Waals surface area contributed by atoms with Gasteiger partial charge in [0, 0.05) is 0 Å². The maximum atomic E-state index is 12.4. The van der Waals surface area contributed by atoms with Crippen LogP contribution in [0, 0.1) is 14.9 Å². The molecular weight excluding hydrogens is 362 g/mol. The van der Waals surface area contributed by atoms with E-state index in [4.69, 9.17) is 5.26 Å². The van der Waals surface area contributed by atoms with E-state index in [0.717, 1.165) is 6.07 Å². The third kappa shape index (κ3) is 3.65. The first-order chi connectivity index (χ1) is 7.74. The second-order valence-electron chi connectivity index (χ2n) is 2.67. The highest BCUT2D eigenvalue weighted by Crippen LogP contribution is 2.30. The number of hydrogen-bond donors (Lipinski definition) is 0. The van der Waals surface area contributed by atoms with Crippen LogP contribution >= 0.6 is 22.6 Å². The Hall–Kier alpha value is -1.18. The molecule has 0 radical (unpaired) electrons. The molecule has 0 N–H and O–H groups in total. The molecule has 0 aliphatic rings. The molecule has 0 atom stereocenters. The first-order valence-corrected chi connectivity index (χ1v) is 4.97. The molecule has 1 heterocycles.